The Morgan fingerprint density at radius 3 is 2.45 bits per heavy atom. The summed E-state index contributed by atoms with van der Waals surface area (Å²) in [6, 6.07) is 8.89. The van der Waals surface area contributed by atoms with Gasteiger partial charge in [-0.05, 0) is 31.0 Å². The molecule has 3 rings (SSSR count). The predicted octanol–water partition coefficient (Wildman–Crippen LogP) is 5.35. The summed E-state index contributed by atoms with van der Waals surface area (Å²) in [6.45, 7) is 6.85. The van der Waals surface area contributed by atoms with Crippen LogP contribution in [-0.2, 0) is 5.75 Å². The fraction of sp³-hybridized carbons (Fsp3) is 0.400. The van der Waals surface area contributed by atoms with Crippen molar-refractivity contribution in [3.8, 4) is 5.75 Å². The van der Waals surface area contributed by atoms with Gasteiger partial charge in [0, 0.05) is 17.5 Å². The molecule has 158 valence electrons. The van der Waals surface area contributed by atoms with Crippen molar-refractivity contribution in [2.24, 2.45) is 5.92 Å². The van der Waals surface area contributed by atoms with Gasteiger partial charge < -0.3 is 10.6 Å². The summed E-state index contributed by atoms with van der Waals surface area (Å²) in [5.74, 6) is 7.45. The average molecular weight is 427 g/mol. The summed E-state index contributed by atoms with van der Waals surface area (Å²) in [6.07, 6.45) is -2.95. The number of imidazole rings is 1. The number of halogens is 3. The zero-order valence-electron chi connectivity index (χ0n) is 16.8. The van der Waals surface area contributed by atoms with Gasteiger partial charge in [-0.1, -0.05) is 44.7 Å². The maximum atomic E-state index is 12.3. The maximum Gasteiger partial charge on any atom is 0.422 e. The average Bonchev–Trinajstić information content (AvgIpc) is 2.95. The molecule has 0 aliphatic rings. The van der Waals surface area contributed by atoms with Crippen molar-refractivity contribution < 1.29 is 17.9 Å². The molecule has 29 heavy (non-hydrogen) atoms. The smallest absolute Gasteiger partial charge is 0.422 e. The lowest BCUT2D eigenvalue weighted by Gasteiger charge is -2.13. The first-order valence-electron chi connectivity index (χ1n) is 9.08. The zero-order chi connectivity index (χ0) is 21.6. The molecule has 9 heteroatoms. The number of ether oxygens (including phenoxy) is 1. The minimum absolute atomic E-state index is 0.171. The molecule has 2 N–H and O–H groups in total. The first-order valence-corrected chi connectivity index (χ1v) is 10.1. The fourth-order valence-electron chi connectivity index (χ4n) is 2.28. The number of hydrogen-bond acceptors (Lipinski definition) is 5. The van der Waals surface area contributed by atoms with Gasteiger partial charge in [0.1, 0.15) is 5.75 Å². The second kappa shape index (κ2) is 9.87. The number of nitrogens with zero attached hydrogens (tertiary/aromatic N) is 3. The van der Waals surface area contributed by atoms with Gasteiger partial charge in [-0.15, -0.1) is 0 Å². The van der Waals surface area contributed by atoms with Gasteiger partial charge in [0.2, 0.25) is 0 Å². The lowest BCUT2D eigenvalue weighted by Crippen LogP contribution is -2.19. The lowest BCUT2D eigenvalue weighted by atomic mass is 10.2. The van der Waals surface area contributed by atoms with Crippen molar-refractivity contribution in [1.29, 1.82) is 0 Å². The van der Waals surface area contributed by atoms with Gasteiger partial charge in [0.15, 0.2) is 11.8 Å². The van der Waals surface area contributed by atoms with E-state index < -0.39 is 12.8 Å². The maximum absolute atomic E-state index is 12.3. The monoisotopic (exact) mass is 426 g/mol. The number of benzene rings is 1. The highest BCUT2D eigenvalue weighted by molar-refractivity contribution is 7.98. The van der Waals surface area contributed by atoms with Gasteiger partial charge in [-0.3, -0.25) is 4.98 Å². The second-order valence-electron chi connectivity index (χ2n) is 7.06. The fourth-order valence-corrected chi connectivity index (χ4v) is 3.23. The van der Waals surface area contributed by atoms with Crippen LogP contribution in [0.25, 0.3) is 11.0 Å². The molecular formula is C20H25F3N4OS. The van der Waals surface area contributed by atoms with Crippen molar-refractivity contribution in [3.63, 3.8) is 0 Å². The molecule has 2 heterocycles. The summed E-state index contributed by atoms with van der Waals surface area (Å²) < 4.78 is 43.3. The molecule has 0 saturated heterocycles. The molecule has 0 spiro atoms. The Balaban J connectivity index is 0.000000687. The molecule has 0 unspecified atom stereocenters. The number of pyridine rings is 1. The van der Waals surface area contributed by atoms with Crippen LogP contribution < -0.4 is 10.6 Å². The number of nitrogens with two attached hydrogens (primary N) is 1. The van der Waals surface area contributed by atoms with Gasteiger partial charge in [0.05, 0.1) is 16.7 Å². The van der Waals surface area contributed by atoms with Crippen molar-refractivity contribution in [2.45, 2.75) is 44.8 Å². The Morgan fingerprint density at radius 1 is 1.17 bits per heavy atom. The van der Waals surface area contributed by atoms with Crippen LogP contribution in [0.2, 0.25) is 0 Å². The topological polar surface area (TPSA) is 66.0 Å². The van der Waals surface area contributed by atoms with Gasteiger partial charge in [0.25, 0.3) is 0 Å². The quantitative estimate of drug-likeness (QED) is 0.440. The third-order valence-electron chi connectivity index (χ3n) is 3.55. The largest absolute Gasteiger partial charge is 0.484 e. The number of hydrogen-bond donors (Lipinski definition) is 1. The van der Waals surface area contributed by atoms with E-state index in [-0.39, 0.29) is 5.75 Å². The van der Waals surface area contributed by atoms with Crippen LogP contribution in [-0.4, -0.2) is 27.4 Å². The Morgan fingerprint density at radius 2 is 1.83 bits per heavy atom. The van der Waals surface area contributed by atoms with E-state index in [1.54, 1.807) is 6.92 Å². The van der Waals surface area contributed by atoms with E-state index >= 15 is 0 Å². The van der Waals surface area contributed by atoms with Crippen LogP contribution >= 0.6 is 11.8 Å². The van der Waals surface area contributed by atoms with Crippen LogP contribution in [0, 0.1) is 12.8 Å². The molecule has 0 bridgehead atoms. The van der Waals surface area contributed by atoms with Gasteiger partial charge >= 0.3 is 6.18 Å². The highest BCUT2D eigenvalue weighted by Gasteiger charge is 2.28. The molecule has 0 aliphatic carbocycles. The molecule has 1 aromatic carbocycles. The molecule has 0 aliphatic heterocycles. The SMILES string of the molecule is CC(C)C.Cc1c(OCC(F)(F)F)ccnc1CSc1nc2ccccc2n1N. The third-order valence-corrected chi connectivity index (χ3v) is 4.52. The normalized spacial score (nSPS) is 11.4. The van der Waals surface area contributed by atoms with Crippen molar-refractivity contribution in [2.75, 3.05) is 12.4 Å². The zero-order valence-corrected chi connectivity index (χ0v) is 17.6. The van der Waals surface area contributed by atoms with E-state index in [0.29, 0.717) is 22.2 Å². The van der Waals surface area contributed by atoms with E-state index in [0.717, 1.165) is 17.0 Å². The number of aromatic nitrogens is 3. The molecule has 3 aromatic rings. The van der Waals surface area contributed by atoms with Gasteiger partial charge in [-0.25, -0.2) is 9.66 Å². The van der Waals surface area contributed by atoms with Crippen molar-refractivity contribution in [3.05, 3.63) is 47.8 Å². The summed E-state index contributed by atoms with van der Waals surface area (Å²) in [7, 11) is 0. The van der Waals surface area contributed by atoms with Crippen LogP contribution in [0.3, 0.4) is 0 Å². The molecule has 2 aromatic heterocycles. The van der Waals surface area contributed by atoms with E-state index in [2.05, 4.69) is 30.7 Å². The molecule has 0 radical (unpaired) electrons. The number of fused-ring (bicyclic) bond motifs is 1. The summed E-state index contributed by atoms with van der Waals surface area (Å²) >= 11 is 1.36. The third kappa shape index (κ3) is 6.85. The molecular weight excluding hydrogens is 401 g/mol. The molecule has 5 nitrogen and oxygen atoms in total. The van der Waals surface area contributed by atoms with Crippen LogP contribution in [0.5, 0.6) is 5.75 Å². The Bertz CT molecular complexity index is 938. The Kier molecular flexibility index (Phi) is 7.78. The molecule has 0 atom stereocenters. The molecule has 0 saturated carbocycles. The minimum Gasteiger partial charge on any atom is -0.484 e. The molecule has 0 amide bonds. The van der Waals surface area contributed by atoms with Crippen LogP contribution in [0.15, 0.2) is 41.7 Å². The highest BCUT2D eigenvalue weighted by atomic mass is 32.2. The van der Waals surface area contributed by atoms with E-state index in [9.17, 15) is 13.2 Å². The predicted molar refractivity (Wildman–Crippen MR) is 110 cm³/mol. The first kappa shape index (κ1) is 22.9. The number of thioether (sulfide) groups is 1. The number of para-hydroxylation sites is 2. The van der Waals surface area contributed by atoms with Crippen molar-refractivity contribution >= 4 is 22.8 Å². The summed E-state index contributed by atoms with van der Waals surface area (Å²) in [5.41, 5.74) is 2.77. The standard InChI is InChI=1S/C16H15F3N4OS.C4H10/c1-10-12(21-7-6-14(10)24-9-16(17,18)19)8-25-15-22-11-4-2-3-5-13(11)23(15)20;1-4(2)3/h2-7H,8-9,20H2,1H3;4H,1-3H3. The van der Waals surface area contributed by atoms with E-state index in [1.165, 1.54) is 28.7 Å². The van der Waals surface area contributed by atoms with E-state index in [4.69, 9.17) is 10.6 Å². The number of nitrogen functional groups attached to an aromatic ring is 1. The lowest BCUT2D eigenvalue weighted by molar-refractivity contribution is -0.153. The first-order chi connectivity index (χ1) is 13.6. The summed E-state index contributed by atoms with van der Waals surface area (Å²) in [5, 5.41) is 0.601. The van der Waals surface area contributed by atoms with Crippen molar-refractivity contribution in [1.82, 2.24) is 14.6 Å². The second-order valence-corrected chi connectivity index (χ2v) is 8.00. The summed E-state index contributed by atoms with van der Waals surface area (Å²) in [4.78, 5) is 8.66. The minimum atomic E-state index is -4.38. The Labute approximate surface area is 172 Å². The van der Waals surface area contributed by atoms with E-state index in [1.807, 2.05) is 24.3 Å². The Hall–Kier alpha value is -2.42. The van der Waals surface area contributed by atoms with Crippen LogP contribution in [0.1, 0.15) is 32.0 Å². The number of rotatable bonds is 5. The van der Waals surface area contributed by atoms with Gasteiger partial charge in [-0.2, -0.15) is 13.2 Å². The van der Waals surface area contributed by atoms with Crippen LogP contribution in [0.4, 0.5) is 13.2 Å². The number of alkyl halides is 3. The molecule has 0 fully saturated rings. The highest BCUT2D eigenvalue weighted by Crippen LogP contribution is 2.28.